The highest BCUT2D eigenvalue weighted by molar-refractivity contribution is 4.94. The molecular weight excluding hydrogens is 124 g/mol. The molecule has 58 valence electrons. The topological polar surface area (TPSA) is 9.23 Å². The van der Waals surface area contributed by atoms with Gasteiger partial charge in [-0.3, -0.25) is 0 Å². The van der Waals surface area contributed by atoms with E-state index in [-0.39, 0.29) is 0 Å². The lowest BCUT2D eigenvalue weighted by Gasteiger charge is -2.26. The van der Waals surface area contributed by atoms with Crippen LogP contribution in [0.3, 0.4) is 0 Å². The van der Waals surface area contributed by atoms with Crippen molar-refractivity contribution in [2.24, 2.45) is 23.7 Å². The van der Waals surface area contributed by atoms with Crippen LogP contribution in [0, 0.1) is 23.7 Å². The van der Waals surface area contributed by atoms with Gasteiger partial charge in [-0.2, -0.15) is 0 Å². The van der Waals surface area contributed by atoms with Crippen molar-refractivity contribution in [2.45, 2.75) is 20.3 Å². The van der Waals surface area contributed by atoms with Crippen LogP contribution in [0.5, 0.6) is 0 Å². The second kappa shape index (κ2) is 2.23. The highest BCUT2D eigenvalue weighted by Gasteiger charge is 2.46. The van der Waals surface area contributed by atoms with Crippen molar-refractivity contribution in [1.29, 1.82) is 0 Å². The van der Waals surface area contributed by atoms with Crippen molar-refractivity contribution in [3.05, 3.63) is 0 Å². The Labute approximate surface area is 62.8 Å². The highest BCUT2D eigenvalue weighted by atomic mass is 16.5. The molecule has 1 heterocycles. The van der Waals surface area contributed by atoms with Crippen LogP contribution < -0.4 is 0 Å². The monoisotopic (exact) mass is 140 g/mol. The molecule has 1 saturated heterocycles. The highest BCUT2D eigenvalue weighted by Crippen LogP contribution is 2.50. The van der Waals surface area contributed by atoms with E-state index < -0.39 is 0 Å². The molecule has 2 atom stereocenters. The van der Waals surface area contributed by atoms with Gasteiger partial charge in [0.05, 0.1) is 13.2 Å². The summed E-state index contributed by atoms with van der Waals surface area (Å²) >= 11 is 0. The minimum absolute atomic E-state index is 0.908. The van der Waals surface area contributed by atoms with Gasteiger partial charge in [0, 0.05) is 5.92 Å². The van der Waals surface area contributed by atoms with E-state index in [1.165, 1.54) is 6.42 Å². The van der Waals surface area contributed by atoms with Crippen LogP contribution in [0.1, 0.15) is 20.3 Å². The minimum atomic E-state index is 0.908. The van der Waals surface area contributed by atoms with Crippen molar-refractivity contribution in [3.8, 4) is 0 Å². The molecule has 0 N–H and O–H groups in total. The summed E-state index contributed by atoms with van der Waals surface area (Å²) in [5, 5.41) is 0. The smallest absolute Gasteiger partial charge is 0.0519 e. The van der Waals surface area contributed by atoms with Crippen LogP contribution in [-0.2, 0) is 4.74 Å². The van der Waals surface area contributed by atoms with Gasteiger partial charge in [-0.1, -0.05) is 13.8 Å². The Kier molecular flexibility index (Phi) is 1.48. The SMILES string of the molecule is CC(C)[C@@H]1C[C@@H]1C1COC1. The number of rotatable bonds is 2. The lowest BCUT2D eigenvalue weighted by atomic mass is 9.97. The Morgan fingerprint density at radius 2 is 2.00 bits per heavy atom. The molecule has 1 aliphatic heterocycles. The zero-order chi connectivity index (χ0) is 7.14. The lowest BCUT2D eigenvalue weighted by Crippen LogP contribution is -2.30. The molecule has 1 nitrogen and oxygen atoms in total. The molecule has 2 aliphatic rings. The predicted octanol–water partition coefficient (Wildman–Crippen LogP) is 1.92. The average molecular weight is 140 g/mol. The number of ether oxygens (including phenoxy) is 1. The Balaban J connectivity index is 1.78. The molecule has 0 aromatic heterocycles. The van der Waals surface area contributed by atoms with Crippen molar-refractivity contribution in [1.82, 2.24) is 0 Å². The van der Waals surface area contributed by atoms with E-state index in [9.17, 15) is 0 Å². The third kappa shape index (κ3) is 0.968. The molecule has 0 amide bonds. The first-order valence-corrected chi connectivity index (χ1v) is 4.37. The fourth-order valence-electron chi connectivity index (χ4n) is 2.05. The largest absolute Gasteiger partial charge is 0.381 e. The van der Waals surface area contributed by atoms with Crippen LogP contribution in [0.2, 0.25) is 0 Å². The fraction of sp³-hybridized carbons (Fsp3) is 1.00. The van der Waals surface area contributed by atoms with Gasteiger partial charge in [0.15, 0.2) is 0 Å². The van der Waals surface area contributed by atoms with Crippen LogP contribution in [0.15, 0.2) is 0 Å². The number of hydrogen-bond acceptors (Lipinski definition) is 1. The molecule has 0 aromatic rings. The molecular formula is C9H16O. The van der Waals surface area contributed by atoms with Crippen LogP contribution in [0.4, 0.5) is 0 Å². The second-order valence-electron chi connectivity index (χ2n) is 4.10. The first-order valence-electron chi connectivity index (χ1n) is 4.37. The first-order chi connectivity index (χ1) is 4.79. The quantitative estimate of drug-likeness (QED) is 0.569. The molecule has 0 unspecified atom stereocenters. The Hall–Kier alpha value is -0.0400. The van der Waals surface area contributed by atoms with Gasteiger partial charge in [-0.15, -0.1) is 0 Å². The molecule has 0 aromatic carbocycles. The molecule has 0 spiro atoms. The first kappa shape index (κ1) is 6.66. The van der Waals surface area contributed by atoms with E-state index >= 15 is 0 Å². The Morgan fingerprint density at radius 3 is 2.30 bits per heavy atom. The molecule has 1 saturated carbocycles. The molecule has 0 bridgehead atoms. The maximum absolute atomic E-state index is 5.16. The fourth-order valence-corrected chi connectivity index (χ4v) is 2.05. The minimum Gasteiger partial charge on any atom is -0.381 e. The average Bonchev–Trinajstić information content (AvgIpc) is 2.40. The van der Waals surface area contributed by atoms with Gasteiger partial charge in [0.1, 0.15) is 0 Å². The van der Waals surface area contributed by atoms with Gasteiger partial charge < -0.3 is 4.74 Å². The Bertz CT molecular complexity index is 127. The molecule has 1 aliphatic carbocycles. The third-order valence-corrected chi connectivity index (χ3v) is 3.02. The maximum atomic E-state index is 5.16. The second-order valence-corrected chi connectivity index (χ2v) is 4.10. The standard InChI is InChI=1S/C9H16O/c1-6(2)8-3-9(8)7-4-10-5-7/h6-9H,3-5H2,1-2H3/t8-,9+/m0/s1. The van der Waals surface area contributed by atoms with Crippen LogP contribution in [-0.4, -0.2) is 13.2 Å². The van der Waals surface area contributed by atoms with E-state index in [1.807, 2.05) is 0 Å². The van der Waals surface area contributed by atoms with Crippen molar-refractivity contribution >= 4 is 0 Å². The van der Waals surface area contributed by atoms with E-state index in [1.54, 1.807) is 0 Å². The normalized spacial score (nSPS) is 39.9. The molecule has 1 heteroatoms. The van der Waals surface area contributed by atoms with Gasteiger partial charge in [0.2, 0.25) is 0 Å². The summed E-state index contributed by atoms with van der Waals surface area (Å²) in [6.45, 7) is 6.77. The summed E-state index contributed by atoms with van der Waals surface area (Å²) in [7, 11) is 0. The van der Waals surface area contributed by atoms with E-state index in [0.29, 0.717) is 0 Å². The van der Waals surface area contributed by atoms with E-state index in [2.05, 4.69) is 13.8 Å². The summed E-state index contributed by atoms with van der Waals surface area (Å²) in [4.78, 5) is 0. The van der Waals surface area contributed by atoms with E-state index in [0.717, 1.165) is 36.9 Å². The van der Waals surface area contributed by atoms with E-state index in [4.69, 9.17) is 4.74 Å². The van der Waals surface area contributed by atoms with Gasteiger partial charge in [0.25, 0.3) is 0 Å². The van der Waals surface area contributed by atoms with Crippen molar-refractivity contribution in [3.63, 3.8) is 0 Å². The van der Waals surface area contributed by atoms with Crippen LogP contribution in [0.25, 0.3) is 0 Å². The summed E-state index contributed by atoms with van der Waals surface area (Å²) < 4.78 is 5.16. The summed E-state index contributed by atoms with van der Waals surface area (Å²) in [5.41, 5.74) is 0. The summed E-state index contributed by atoms with van der Waals surface area (Å²) in [6, 6.07) is 0. The molecule has 2 rings (SSSR count). The lowest BCUT2D eigenvalue weighted by molar-refractivity contribution is -0.0458. The van der Waals surface area contributed by atoms with Gasteiger partial charge >= 0.3 is 0 Å². The zero-order valence-electron chi connectivity index (χ0n) is 6.84. The van der Waals surface area contributed by atoms with Gasteiger partial charge in [-0.25, -0.2) is 0 Å². The van der Waals surface area contributed by atoms with Crippen molar-refractivity contribution in [2.75, 3.05) is 13.2 Å². The van der Waals surface area contributed by atoms with Gasteiger partial charge in [-0.05, 0) is 24.2 Å². The maximum Gasteiger partial charge on any atom is 0.0519 e. The predicted molar refractivity (Wildman–Crippen MR) is 40.7 cm³/mol. The third-order valence-electron chi connectivity index (χ3n) is 3.02. The number of hydrogen-bond donors (Lipinski definition) is 0. The van der Waals surface area contributed by atoms with Crippen LogP contribution >= 0.6 is 0 Å². The molecule has 0 radical (unpaired) electrons. The molecule has 2 fully saturated rings. The Morgan fingerprint density at radius 1 is 1.30 bits per heavy atom. The summed E-state index contributed by atoms with van der Waals surface area (Å²) in [5.74, 6) is 3.92. The molecule has 10 heavy (non-hydrogen) atoms. The van der Waals surface area contributed by atoms with Crippen molar-refractivity contribution < 1.29 is 4.74 Å². The summed E-state index contributed by atoms with van der Waals surface area (Å²) in [6.07, 6.45) is 1.48. The zero-order valence-corrected chi connectivity index (χ0v) is 6.84.